The fraction of sp³-hybridized carbons (Fsp3) is 0.100. The van der Waals surface area contributed by atoms with Crippen LogP contribution in [-0.2, 0) is 0 Å². The Morgan fingerprint density at radius 2 is 1.77 bits per heavy atom. The first kappa shape index (κ1) is 11.9. The molecule has 0 fully saturated rings. The number of hydrogen-bond donors (Lipinski definition) is 1. The number of H-pyrrole nitrogens is 1. The molecule has 1 N–H and O–H groups in total. The van der Waals surface area contributed by atoms with Crippen LogP contribution in [0.2, 0.25) is 0 Å². The van der Waals surface area contributed by atoms with Gasteiger partial charge in [0.15, 0.2) is 5.75 Å². The second-order valence-corrected chi connectivity index (χ2v) is 5.87. The van der Waals surface area contributed by atoms with E-state index >= 15 is 0 Å². The van der Waals surface area contributed by atoms with Crippen molar-refractivity contribution in [3.8, 4) is 5.75 Å². The van der Waals surface area contributed by atoms with Crippen molar-refractivity contribution in [2.24, 2.45) is 5.92 Å². The molecule has 1 aromatic heterocycles. The van der Waals surface area contributed by atoms with E-state index in [0.717, 1.165) is 22.3 Å². The topological polar surface area (TPSA) is 25.0 Å². The summed E-state index contributed by atoms with van der Waals surface area (Å²) in [6.45, 7) is 0. The smallest absolute Gasteiger partial charge is 0.151 e. The molecule has 0 saturated heterocycles. The number of fused-ring (bicyclic) bond motifs is 6. The first-order valence-corrected chi connectivity index (χ1v) is 7.63. The third-order valence-corrected chi connectivity index (χ3v) is 4.54. The lowest BCUT2D eigenvalue weighted by Crippen LogP contribution is -2.22. The second kappa shape index (κ2) is 4.38. The van der Waals surface area contributed by atoms with E-state index in [2.05, 4.69) is 77.8 Å². The van der Waals surface area contributed by atoms with Crippen LogP contribution in [0.3, 0.4) is 0 Å². The largest absolute Gasteiger partial charge is 0.483 e. The molecule has 1 aliphatic heterocycles. The molecule has 2 atom stereocenters. The van der Waals surface area contributed by atoms with Crippen LogP contribution in [0.15, 0.2) is 66.8 Å². The van der Waals surface area contributed by atoms with Gasteiger partial charge in [-0.05, 0) is 12.1 Å². The quantitative estimate of drug-likeness (QED) is 0.628. The zero-order valence-electron chi connectivity index (χ0n) is 12.0. The predicted octanol–water partition coefficient (Wildman–Crippen LogP) is 4.84. The van der Waals surface area contributed by atoms with Gasteiger partial charge in [0.05, 0.1) is 5.52 Å². The van der Waals surface area contributed by atoms with Gasteiger partial charge in [0, 0.05) is 27.8 Å². The Morgan fingerprint density at radius 1 is 0.864 bits per heavy atom. The third-order valence-electron chi connectivity index (χ3n) is 4.54. The van der Waals surface area contributed by atoms with E-state index in [-0.39, 0.29) is 6.10 Å². The van der Waals surface area contributed by atoms with Gasteiger partial charge in [0.25, 0.3) is 0 Å². The highest BCUT2D eigenvalue weighted by atomic mass is 16.5. The van der Waals surface area contributed by atoms with Crippen molar-refractivity contribution in [3.63, 3.8) is 0 Å². The highest BCUT2D eigenvalue weighted by molar-refractivity contribution is 6.10. The number of ether oxygens (including phenoxy) is 1. The molecule has 0 amide bonds. The molecular weight excluding hydrogens is 270 g/mol. The van der Waals surface area contributed by atoms with Crippen molar-refractivity contribution in [2.45, 2.75) is 6.10 Å². The van der Waals surface area contributed by atoms with Crippen molar-refractivity contribution in [3.05, 3.63) is 72.3 Å². The van der Waals surface area contributed by atoms with Crippen LogP contribution >= 0.6 is 0 Å². The van der Waals surface area contributed by atoms with Gasteiger partial charge in [-0.3, -0.25) is 0 Å². The first-order chi connectivity index (χ1) is 10.9. The molecule has 0 bridgehead atoms. The Labute approximate surface area is 128 Å². The standard InChI is InChI=1S/C20H15NO/c1-4-8-18-13(5-1)9-10-14-11-12-16-15-6-2-3-7-17(15)21-19(16)20(14)22-18/h1-13,18,21H. The lowest BCUT2D eigenvalue weighted by molar-refractivity contribution is 0.226. The average molecular weight is 285 g/mol. The summed E-state index contributed by atoms with van der Waals surface area (Å²) in [5.41, 5.74) is 3.38. The minimum absolute atomic E-state index is 0.0690. The van der Waals surface area contributed by atoms with Gasteiger partial charge < -0.3 is 9.72 Å². The summed E-state index contributed by atoms with van der Waals surface area (Å²) in [6.07, 6.45) is 12.9. The van der Waals surface area contributed by atoms with Crippen molar-refractivity contribution in [2.75, 3.05) is 0 Å². The summed E-state index contributed by atoms with van der Waals surface area (Å²) >= 11 is 0. The van der Waals surface area contributed by atoms with Crippen LogP contribution in [0.1, 0.15) is 5.56 Å². The number of hydrogen-bond acceptors (Lipinski definition) is 1. The lowest BCUT2D eigenvalue weighted by Gasteiger charge is -2.21. The van der Waals surface area contributed by atoms with Crippen LogP contribution in [0.25, 0.3) is 27.9 Å². The zero-order valence-corrected chi connectivity index (χ0v) is 12.0. The Kier molecular flexibility index (Phi) is 2.36. The second-order valence-electron chi connectivity index (χ2n) is 5.87. The Bertz CT molecular complexity index is 974. The highest BCUT2D eigenvalue weighted by Crippen LogP contribution is 2.38. The number of allylic oxidation sites excluding steroid dienone is 2. The summed E-state index contributed by atoms with van der Waals surface area (Å²) in [5.74, 6) is 1.26. The highest BCUT2D eigenvalue weighted by Gasteiger charge is 2.24. The first-order valence-electron chi connectivity index (χ1n) is 7.63. The molecule has 0 spiro atoms. The third kappa shape index (κ3) is 1.61. The van der Waals surface area contributed by atoms with Gasteiger partial charge in [0.2, 0.25) is 0 Å². The predicted molar refractivity (Wildman–Crippen MR) is 91.0 cm³/mol. The molecule has 106 valence electrons. The monoisotopic (exact) mass is 285 g/mol. The number of rotatable bonds is 0. The van der Waals surface area contributed by atoms with E-state index in [1.807, 2.05) is 0 Å². The van der Waals surface area contributed by atoms with E-state index in [4.69, 9.17) is 4.74 Å². The number of nitrogens with one attached hydrogen (secondary N) is 1. The normalized spacial score (nSPS) is 22.4. The molecule has 2 nitrogen and oxygen atoms in total. The number of aromatic nitrogens is 1. The lowest BCUT2D eigenvalue weighted by atomic mass is 9.97. The molecule has 22 heavy (non-hydrogen) atoms. The van der Waals surface area contributed by atoms with Gasteiger partial charge in [-0.2, -0.15) is 0 Å². The molecule has 3 aromatic rings. The van der Waals surface area contributed by atoms with Crippen LogP contribution in [0.5, 0.6) is 5.75 Å². The zero-order chi connectivity index (χ0) is 14.5. The van der Waals surface area contributed by atoms with E-state index in [9.17, 15) is 0 Å². The van der Waals surface area contributed by atoms with E-state index in [1.54, 1.807) is 0 Å². The maximum Gasteiger partial charge on any atom is 0.151 e. The van der Waals surface area contributed by atoms with E-state index < -0.39 is 0 Å². The molecule has 2 heteroatoms. The van der Waals surface area contributed by atoms with Crippen molar-refractivity contribution in [1.82, 2.24) is 4.98 Å². The Balaban J connectivity index is 1.78. The summed E-state index contributed by atoms with van der Waals surface area (Å²) < 4.78 is 6.37. The van der Waals surface area contributed by atoms with E-state index in [1.165, 1.54) is 10.8 Å². The molecule has 2 heterocycles. The van der Waals surface area contributed by atoms with Crippen LogP contribution < -0.4 is 4.74 Å². The Hall–Kier alpha value is -2.74. The summed E-state index contributed by atoms with van der Waals surface area (Å²) in [6, 6.07) is 12.7. The maximum atomic E-state index is 6.37. The average Bonchev–Trinajstić information content (AvgIpc) is 2.83. The van der Waals surface area contributed by atoms with Crippen LogP contribution in [-0.4, -0.2) is 11.1 Å². The van der Waals surface area contributed by atoms with Crippen LogP contribution in [0.4, 0.5) is 0 Å². The van der Waals surface area contributed by atoms with Gasteiger partial charge in [-0.15, -0.1) is 0 Å². The molecule has 0 saturated carbocycles. The van der Waals surface area contributed by atoms with Gasteiger partial charge in [-0.25, -0.2) is 0 Å². The van der Waals surface area contributed by atoms with Crippen LogP contribution in [0, 0.1) is 5.92 Å². The summed E-state index contributed by atoms with van der Waals surface area (Å²) in [4.78, 5) is 3.53. The minimum Gasteiger partial charge on any atom is -0.483 e. The van der Waals surface area contributed by atoms with Crippen molar-refractivity contribution in [1.29, 1.82) is 0 Å². The number of benzene rings is 2. The number of para-hydroxylation sites is 1. The fourth-order valence-corrected chi connectivity index (χ4v) is 3.41. The van der Waals surface area contributed by atoms with Gasteiger partial charge >= 0.3 is 0 Å². The summed E-state index contributed by atoms with van der Waals surface area (Å²) in [7, 11) is 0. The molecular formula is C20H15NO. The molecule has 5 rings (SSSR count). The van der Waals surface area contributed by atoms with Crippen molar-refractivity contribution < 1.29 is 4.74 Å². The molecule has 2 aliphatic rings. The molecule has 0 radical (unpaired) electrons. The van der Waals surface area contributed by atoms with Gasteiger partial charge in [0.1, 0.15) is 6.10 Å². The summed E-state index contributed by atoms with van der Waals surface area (Å²) in [5, 5.41) is 2.46. The maximum absolute atomic E-state index is 6.37. The SMILES string of the molecule is C1=CC2C=Cc3ccc4c([nH]c5ccccc54)c3OC2C=C1. The molecule has 1 aliphatic carbocycles. The molecule has 2 unspecified atom stereocenters. The fourth-order valence-electron chi connectivity index (χ4n) is 3.41. The van der Waals surface area contributed by atoms with E-state index in [0.29, 0.717) is 5.92 Å². The minimum atomic E-state index is 0.0690. The number of aromatic amines is 1. The van der Waals surface area contributed by atoms with Gasteiger partial charge in [-0.1, -0.05) is 60.7 Å². The Morgan fingerprint density at radius 3 is 2.77 bits per heavy atom. The van der Waals surface area contributed by atoms with Crippen molar-refractivity contribution >= 4 is 27.9 Å². The molecule has 2 aromatic carbocycles.